The molecule has 82 valence electrons. The molecule has 0 aliphatic carbocycles. The van der Waals surface area contributed by atoms with E-state index in [0.29, 0.717) is 6.04 Å². The van der Waals surface area contributed by atoms with Gasteiger partial charge in [0.15, 0.2) is 0 Å². The summed E-state index contributed by atoms with van der Waals surface area (Å²) < 4.78 is 0. The molecule has 2 rings (SSSR count). The van der Waals surface area contributed by atoms with E-state index in [2.05, 4.69) is 41.0 Å². The molecule has 1 fully saturated rings. The van der Waals surface area contributed by atoms with E-state index >= 15 is 0 Å². The molecule has 2 heteroatoms. The Kier molecular flexibility index (Phi) is 4.18. The first-order chi connectivity index (χ1) is 7.45. The van der Waals surface area contributed by atoms with Crippen LogP contribution in [0.1, 0.15) is 24.8 Å². The molecule has 0 bridgehead atoms. The van der Waals surface area contributed by atoms with Gasteiger partial charge in [0, 0.05) is 19.1 Å². The summed E-state index contributed by atoms with van der Waals surface area (Å²) in [6, 6.07) is 11.3. The van der Waals surface area contributed by atoms with E-state index in [9.17, 15) is 0 Å². The third kappa shape index (κ3) is 3.65. The highest BCUT2D eigenvalue weighted by Gasteiger charge is 2.10. The van der Waals surface area contributed by atoms with Gasteiger partial charge in [0.25, 0.3) is 0 Å². The summed E-state index contributed by atoms with van der Waals surface area (Å²) in [5.41, 5.74) is 1.37. The number of hydrogen-bond donors (Lipinski definition) is 2. The standard InChI is InChI=1S/C13H20N2/c1-2-6-12(7-3-1)10-14-11-13-8-4-5-9-15-13/h1-3,6-7,13-15H,4-5,8-11H2/t13-/m0/s1. The summed E-state index contributed by atoms with van der Waals surface area (Å²) in [5.74, 6) is 0. The molecule has 2 N–H and O–H groups in total. The quantitative estimate of drug-likeness (QED) is 0.783. The number of nitrogens with one attached hydrogen (secondary N) is 2. The summed E-state index contributed by atoms with van der Waals surface area (Å²) in [6.45, 7) is 3.27. The molecule has 1 aliphatic rings. The summed E-state index contributed by atoms with van der Waals surface area (Å²) >= 11 is 0. The van der Waals surface area contributed by atoms with E-state index in [1.807, 2.05) is 0 Å². The SMILES string of the molecule is c1ccc(CNC[C@@H]2CCCCN2)cc1. The van der Waals surface area contributed by atoms with Crippen molar-refractivity contribution in [2.75, 3.05) is 13.1 Å². The van der Waals surface area contributed by atoms with Crippen LogP contribution in [0.2, 0.25) is 0 Å². The molecule has 0 spiro atoms. The lowest BCUT2D eigenvalue weighted by atomic mass is 10.1. The van der Waals surface area contributed by atoms with Crippen molar-refractivity contribution in [3.05, 3.63) is 35.9 Å². The highest BCUT2D eigenvalue weighted by Crippen LogP contribution is 2.06. The average Bonchev–Trinajstić information content (AvgIpc) is 2.32. The van der Waals surface area contributed by atoms with Gasteiger partial charge >= 0.3 is 0 Å². The summed E-state index contributed by atoms with van der Waals surface area (Å²) in [7, 11) is 0. The Morgan fingerprint density at radius 3 is 2.80 bits per heavy atom. The third-order valence-corrected chi connectivity index (χ3v) is 2.98. The predicted octanol–water partition coefficient (Wildman–Crippen LogP) is 1.92. The van der Waals surface area contributed by atoms with Crippen LogP contribution in [0.4, 0.5) is 0 Å². The van der Waals surface area contributed by atoms with Gasteiger partial charge in [-0.25, -0.2) is 0 Å². The van der Waals surface area contributed by atoms with E-state index in [4.69, 9.17) is 0 Å². The van der Waals surface area contributed by atoms with E-state index in [-0.39, 0.29) is 0 Å². The third-order valence-electron chi connectivity index (χ3n) is 2.98. The molecular weight excluding hydrogens is 184 g/mol. The highest BCUT2D eigenvalue weighted by molar-refractivity contribution is 5.14. The van der Waals surface area contributed by atoms with Crippen molar-refractivity contribution in [3.63, 3.8) is 0 Å². The van der Waals surface area contributed by atoms with E-state index in [1.54, 1.807) is 0 Å². The fraction of sp³-hybridized carbons (Fsp3) is 0.538. The number of piperidine rings is 1. The van der Waals surface area contributed by atoms with E-state index < -0.39 is 0 Å². The Balaban J connectivity index is 1.66. The van der Waals surface area contributed by atoms with E-state index in [1.165, 1.54) is 31.4 Å². The van der Waals surface area contributed by atoms with Crippen LogP contribution in [0.25, 0.3) is 0 Å². The van der Waals surface area contributed by atoms with Gasteiger partial charge in [-0.05, 0) is 24.9 Å². The summed E-state index contributed by atoms with van der Waals surface area (Å²) in [4.78, 5) is 0. The minimum atomic E-state index is 0.683. The van der Waals surface area contributed by atoms with Crippen LogP contribution in [-0.2, 0) is 6.54 Å². The molecule has 1 aromatic rings. The van der Waals surface area contributed by atoms with Crippen LogP contribution in [0.3, 0.4) is 0 Å². The van der Waals surface area contributed by atoms with Crippen molar-refractivity contribution in [2.45, 2.75) is 31.8 Å². The molecule has 0 saturated carbocycles. The van der Waals surface area contributed by atoms with Crippen LogP contribution < -0.4 is 10.6 Å². The van der Waals surface area contributed by atoms with E-state index in [0.717, 1.165) is 13.1 Å². The van der Waals surface area contributed by atoms with Gasteiger partial charge < -0.3 is 10.6 Å². The lowest BCUT2D eigenvalue weighted by molar-refractivity contribution is 0.383. The zero-order chi connectivity index (χ0) is 10.3. The van der Waals surface area contributed by atoms with Crippen LogP contribution in [0, 0.1) is 0 Å². The largest absolute Gasteiger partial charge is 0.313 e. The first-order valence-electron chi connectivity index (χ1n) is 5.93. The van der Waals surface area contributed by atoms with Crippen LogP contribution in [0.15, 0.2) is 30.3 Å². The van der Waals surface area contributed by atoms with Crippen molar-refractivity contribution in [1.82, 2.24) is 10.6 Å². The number of benzene rings is 1. The Morgan fingerprint density at radius 2 is 2.07 bits per heavy atom. The molecule has 1 aliphatic heterocycles. The second-order valence-electron chi connectivity index (χ2n) is 4.26. The molecule has 0 aromatic heterocycles. The first kappa shape index (κ1) is 10.7. The predicted molar refractivity (Wildman–Crippen MR) is 63.8 cm³/mol. The lowest BCUT2D eigenvalue weighted by Gasteiger charge is -2.23. The normalized spacial score (nSPS) is 21.5. The maximum Gasteiger partial charge on any atom is 0.0206 e. The van der Waals surface area contributed by atoms with Crippen molar-refractivity contribution in [2.24, 2.45) is 0 Å². The molecule has 2 nitrogen and oxygen atoms in total. The fourth-order valence-electron chi connectivity index (χ4n) is 2.08. The van der Waals surface area contributed by atoms with Crippen LogP contribution in [0.5, 0.6) is 0 Å². The Hall–Kier alpha value is -0.860. The fourth-order valence-corrected chi connectivity index (χ4v) is 2.08. The summed E-state index contributed by atoms with van der Waals surface area (Å²) in [5, 5.41) is 7.05. The minimum absolute atomic E-state index is 0.683. The molecule has 15 heavy (non-hydrogen) atoms. The van der Waals surface area contributed by atoms with Crippen molar-refractivity contribution < 1.29 is 0 Å². The van der Waals surface area contributed by atoms with Crippen LogP contribution in [-0.4, -0.2) is 19.1 Å². The second-order valence-corrected chi connectivity index (χ2v) is 4.26. The van der Waals surface area contributed by atoms with Gasteiger partial charge in [0.1, 0.15) is 0 Å². The molecule has 0 unspecified atom stereocenters. The first-order valence-corrected chi connectivity index (χ1v) is 5.93. The molecule has 1 heterocycles. The number of hydrogen-bond acceptors (Lipinski definition) is 2. The minimum Gasteiger partial charge on any atom is -0.313 e. The van der Waals surface area contributed by atoms with Gasteiger partial charge in [-0.3, -0.25) is 0 Å². The van der Waals surface area contributed by atoms with Crippen molar-refractivity contribution in [3.8, 4) is 0 Å². The van der Waals surface area contributed by atoms with Crippen LogP contribution >= 0.6 is 0 Å². The lowest BCUT2D eigenvalue weighted by Crippen LogP contribution is -2.41. The van der Waals surface area contributed by atoms with Crippen molar-refractivity contribution in [1.29, 1.82) is 0 Å². The number of rotatable bonds is 4. The van der Waals surface area contributed by atoms with Gasteiger partial charge in [0.05, 0.1) is 0 Å². The Morgan fingerprint density at radius 1 is 1.20 bits per heavy atom. The summed E-state index contributed by atoms with van der Waals surface area (Å²) in [6.07, 6.45) is 4.04. The smallest absolute Gasteiger partial charge is 0.0206 e. The Bertz CT molecular complexity index is 265. The molecule has 0 radical (unpaired) electrons. The second kappa shape index (κ2) is 5.89. The zero-order valence-electron chi connectivity index (χ0n) is 9.21. The molecule has 0 amide bonds. The van der Waals surface area contributed by atoms with Gasteiger partial charge in [-0.1, -0.05) is 36.8 Å². The topological polar surface area (TPSA) is 24.1 Å². The average molecular weight is 204 g/mol. The monoisotopic (exact) mass is 204 g/mol. The zero-order valence-corrected chi connectivity index (χ0v) is 9.21. The maximum atomic E-state index is 3.54. The van der Waals surface area contributed by atoms with Gasteiger partial charge in [-0.2, -0.15) is 0 Å². The van der Waals surface area contributed by atoms with Crippen molar-refractivity contribution >= 4 is 0 Å². The highest BCUT2D eigenvalue weighted by atomic mass is 15.0. The van der Waals surface area contributed by atoms with Gasteiger partial charge in [-0.15, -0.1) is 0 Å². The van der Waals surface area contributed by atoms with Gasteiger partial charge in [0.2, 0.25) is 0 Å². The molecule has 1 saturated heterocycles. The molecule has 1 aromatic carbocycles. The maximum absolute atomic E-state index is 3.54. The molecule has 1 atom stereocenters. The molecular formula is C13H20N2. The Labute approximate surface area is 92.1 Å².